The van der Waals surface area contributed by atoms with Crippen LogP contribution in [0.25, 0.3) is 0 Å². The quantitative estimate of drug-likeness (QED) is 0.366. The van der Waals surface area contributed by atoms with Crippen LogP contribution in [0, 0.1) is 0 Å². The molecule has 1 rings (SSSR count). The van der Waals surface area contributed by atoms with Gasteiger partial charge in [0.2, 0.25) is 0 Å². The zero-order chi connectivity index (χ0) is 10.0. The van der Waals surface area contributed by atoms with Gasteiger partial charge in [-0.15, -0.1) is 0 Å². The lowest BCUT2D eigenvalue weighted by Gasteiger charge is -2.23. The third kappa shape index (κ3) is 2.16. The molecule has 1 saturated heterocycles. The lowest BCUT2D eigenvalue weighted by molar-refractivity contribution is -0.196. The highest BCUT2D eigenvalue weighted by molar-refractivity contribution is 4.85. The van der Waals surface area contributed by atoms with E-state index >= 15 is 0 Å². The predicted octanol–water partition coefficient (Wildman–Crippen LogP) is -2.57. The molecule has 0 spiro atoms. The molecule has 1 heterocycles. The monoisotopic (exact) mass is 194 g/mol. The first-order chi connectivity index (χ1) is 6.07. The maximum absolute atomic E-state index is 9.33. The summed E-state index contributed by atoms with van der Waals surface area (Å²) in [6.07, 6.45) is -6.50. The van der Waals surface area contributed by atoms with Crippen LogP contribution in [-0.2, 0) is 9.47 Å². The highest BCUT2D eigenvalue weighted by Crippen LogP contribution is 2.16. The lowest BCUT2D eigenvalue weighted by atomic mass is 10.0. The molecule has 0 amide bonds. The van der Waals surface area contributed by atoms with Crippen LogP contribution in [0.3, 0.4) is 0 Å². The van der Waals surface area contributed by atoms with Crippen molar-refractivity contribution in [2.75, 3.05) is 13.7 Å². The fraction of sp³-hybridized carbons (Fsp3) is 1.00. The molecule has 78 valence electrons. The standard InChI is InChI=1S/C7H14O6/c1-12-7-6(11)5(10)4(9)3(8)2-13-7/h3-11H,2H2,1H3/t3-,4-,5?,6?,7+/m1/s1. The van der Waals surface area contributed by atoms with Gasteiger partial charge >= 0.3 is 0 Å². The molecule has 0 radical (unpaired) electrons. The van der Waals surface area contributed by atoms with Crippen molar-refractivity contribution in [3.63, 3.8) is 0 Å². The Morgan fingerprint density at radius 1 is 1.08 bits per heavy atom. The number of rotatable bonds is 1. The summed E-state index contributed by atoms with van der Waals surface area (Å²) >= 11 is 0. The second-order valence-electron chi connectivity index (χ2n) is 2.98. The van der Waals surface area contributed by atoms with E-state index < -0.39 is 30.7 Å². The van der Waals surface area contributed by atoms with Crippen molar-refractivity contribution in [3.05, 3.63) is 0 Å². The van der Waals surface area contributed by atoms with Crippen LogP contribution in [-0.4, -0.2) is 64.8 Å². The first-order valence-electron chi connectivity index (χ1n) is 3.94. The van der Waals surface area contributed by atoms with E-state index in [9.17, 15) is 15.3 Å². The lowest BCUT2D eigenvalue weighted by Crippen LogP contribution is -2.46. The summed E-state index contributed by atoms with van der Waals surface area (Å²) < 4.78 is 9.57. The van der Waals surface area contributed by atoms with E-state index in [0.717, 1.165) is 0 Å². The Balaban J connectivity index is 2.69. The minimum absolute atomic E-state index is 0.187. The molecule has 0 aromatic heterocycles. The summed E-state index contributed by atoms with van der Waals surface area (Å²) in [5, 5.41) is 37.0. The molecule has 0 saturated carbocycles. The molecule has 2 unspecified atom stereocenters. The van der Waals surface area contributed by atoms with Crippen molar-refractivity contribution in [1.29, 1.82) is 0 Å². The molecule has 13 heavy (non-hydrogen) atoms. The zero-order valence-electron chi connectivity index (χ0n) is 7.20. The van der Waals surface area contributed by atoms with Crippen LogP contribution in [0.1, 0.15) is 0 Å². The van der Waals surface area contributed by atoms with Crippen molar-refractivity contribution >= 4 is 0 Å². The minimum Gasteiger partial charge on any atom is -0.388 e. The Kier molecular flexibility index (Phi) is 3.60. The number of hydrogen-bond donors (Lipinski definition) is 4. The summed E-state index contributed by atoms with van der Waals surface area (Å²) in [6.45, 7) is -0.187. The second kappa shape index (κ2) is 4.32. The maximum Gasteiger partial charge on any atom is 0.185 e. The van der Waals surface area contributed by atoms with Gasteiger partial charge in [0.1, 0.15) is 24.4 Å². The molecular weight excluding hydrogens is 180 g/mol. The van der Waals surface area contributed by atoms with Crippen molar-refractivity contribution in [3.8, 4) is 0 Å². The van der Waals surface area contributed by atoms with Crippen molar-refractivity contribution < 1.29 is 29.9 Å². The molecule has 0 aliphatic carbocycles. The molecule has 1 aliphatic rings. The molecule has 5 atom stereocenters. The van der Waals surface area contributed by atoms with E-state index in [1.54, 1.807) is 0 Å². The van der Waals surface area contributed by atoms with Gasteiger partial charge in [-0.05, 0) is 0 Å². The van der Waals surface area contributed by atoms with E-state index in [2.05, 4.69) is 0 Å². The molecule has 1 fully saturated rings. The topological polar surface area (TPSA) is 99.4 Å². The smallest absolute Gasteiger partial charge is 0.185 e. The Bertz CT molecular complexity index is 161. The van der Waals surface area contributed by atoms with E-state index in [4.69, 9.17) is 14.6 Å². The van der Waals surface area contributed by atoms with Gasteiger partial charge in [0.15, 0.2) is 6.29 Å². The van der Waals surface area contributed by atoms with Gasteiger partial charge in [0.05, 0.1) is 6.61 Å². The largest absolute Gasteiger partial charge is 0.388 e. The van der Waals surface area contributed by atoms with Gasteiger partial charge < -0.3 is 29.9 Å². The van der Waals surface area contributed by atoms with Gasteiger partial charge in [-0.1, -0.05) is 0 Å². The molecular formula is C7H14O6. The maximum atomic E-state index is 9.33. The Morgan fingerprint density at radius 3 is 2.23 bits per heavy atom. The van der Waals surface area contributed by atoms with E-state index in [1.165, 1.54) is 7.11 Å². The highest BCUT2D eigenvalue weighted by Gasteiger charge is 2.39. The van der Waals surface area contributed by atoms with Crippen molar-refractivity contribution in [1.82, 2.24) is 0 Å². The SMILES string of the molecule is CO[C@H]1OC[C@@H](O)[C@@H](O)C(O)C1O. The third-order valence-corrected chi connectivity index (χ3v) is 2.04. The van der Waals surface area contributed by atoms with E-state index in [1.807, 2.05) is 0 Å². The van der Waals surface area contributed by atoms with E-state index in [-0.39, 0.29) is 6.61 Å². The van der Waals surface area contributed by atoms with Gasteiger partial charge in [0.25, 0.3) is 0 Å². The van der Waals surface area contributed by atoms with Crippen LogP contribution < -0.4 is 0 Å². The van der Waals surface area contributed by atoms with Gasteiger partial charge in [0, 0.05) is 7.11 Å². The summed E-state index contributed by atoms with van der Waals surface area (Å²) in [5.41, 5.74) is 0. The van der Waals surface area contributed by atoms with Crippen LogP contribution in [0.4, 0.5) is 0 Å². The first-order valence-corrected chi connectivity index (χ1v) is 3.94. The highest BCUT2D eigenvalue weighted by atomic mass is 16.7. The summed E-state index contributed by atoms with van der Waals surface area (Å²) in [5.74, 6) is 0. The number of methoxy groups -OCH3 is 1. The number of ether oxygens (including phenoxy) is 2. The third-order valence-electron chi connectivity index (χ3n) is 2.04. The Morgan fingerprint density at radius 2 is 1.69 bits per heavy atom. The van der Waals surface area contributed by atoms with Gasteiger partial charge in [-0.3, -0.25) is 0 Å². The van der Waals surface area contributed by atoms with Crippen LogP contribution in [0.5, 0.6) is 0 Å². The average molecular weight is 194 g/mol. The molecule has 0 bridgehead atoms. The molecule has 1 aliphatic heterocycles. The number of aliphatic hydroxyl groups excluding tert-OH is 4. The van der Waals surface area contributed by atoms with E-state index in [0.29, 0.717) is 0 Å². The molecule has 0 aromatic rings. The summed E-state index contributed by atoms with van der Waals surface area (Å²) in [7, 11) is 1.30. The number of aliphatic hydroxyl groups is 4. The molecule has 6 nitrogen and oxygen atoms in total. The predicted molar refractivity (Wildman–Crippen MR) is 40.8 cm³/mol. The first kappa shape index (κ1) is 10.8. The fourth-order valence-electron chi connectivity index (χ4n) is 1.19. The molecule has 0 aromatic carbocycles. The normalized spacial score (nSPS) is 47.3. The summed E-state index contributed by atoms with van der Waals surface area (Å²) in [4.78, 5) is 0. The van der Waals surface area contributed by atoms with Crippen molar-refractivity contribution in [2.24, 2.45) is 0 Å². The Labute approximate surface area is 75.3 Å². The van der Waals surface area contributed by atoms with Crippen LogP contribution >= 0.6 is 0 Å². The Hall–Kier alpha value is -0.240. The zero-order valence-corrected chi connectivity index (χ0v) is 7.20. The molecule has 6 heteroatoms. The van der Waals surface area contributed by atoms with Crippen LogP contribution in [0.2, 0.25) is 0 Å². The molecule has 4 N–H and O–H groups in total. The van der Waals surface area contributed by atoms with Crippen LogP contribution in [0.15, 0.2) is 0 Å². The summed E-state index contributed by atoms with van der Waals surface area (Å²) in [6, 6.07) is 0. The fourth-order valence-corrected chi connectivity index (χ4v) is 1.19. The van der Waals surface area contributed by atoms with Gasteiger partial charge in [-0.25, -0.2) is 0 Å². The average Bonchev–Trinajstić information content (AvgIpc) is 2.22. The number of hydrogen-bond acceptors (Lipinski definition) is 6. The van der Waals surface area contributed by atoms with Crippen molar-refractivity contribution in [2.45, 2.75) is 30.7 Å². The second-order valence-corrected chi connectivity index (χ2v) is 2.98. The van der Waals surface area contributed by atoms with Gasteiger partial charge in [-0.2, -0.15) is 0 Å². The minimum atomic E-state index is -1.47.